The zero-order valence-electron chi connectivity index (χ0n) is 14.4. The van der Waals surface area contributed by atoms with Gasteiger partial charge in [0.15, 0.2) is 6.10 Å². The van der Waals surface area contributed by atoms with Crippen molar-refractivity contribution in [1.82, 2.24) is 9.80 Å². The lowest BCUT2D eigenvalue weighted by atomic mass is 10.1. The van der Waals surface area contributed by atoms with Crippen molar-refractivity contribution in [2.24, 2.45) is 0 Å². The second kappa shape index (κ2) is 7.76. The number of aliphatic hydroxyl groups excluding tert-OH is 1. The highest BCUT2D eigenvalue weighted by Crippen LogP contribution is 2.18. The standard InChI is InChI=1S/C20H23FN2O2/c1-15-3-2-4-16(13-15)14-22-9-11-23(12-10-22)20(25)19(24)17-5-7-18(21)8-6-17/h2-8,13,19,24H,9-12,14H2,1H3/t19-/m0/s1. The van der Waals surface area contributed by atoms with Crippen LogP contribution in [0.3, 0.4) is 0 Å². The number of nitrogens with zero attached hydrogens (tertiary/aromatic N) is 2. The summed E-state index contributed by atoms with van der Waals surface area (Å²) in [7, 11) is 0. The molecule has 0 aliphatic carbocycles. The van der Waals surface area contributed by atoms with Crippen LogP contribution in [-0.2, 0) is 11.3 Å². The van der Waals surface area contributed by atoms with Gasteiger partial charge >= 0.3 is 0 Å². The molecule has 0 spiro atoms. The number of benzene rings is 2. The van der Waals surface area contributed by atoms with Crippen LogP contribution in [0.4, 0.5) is 4.39 Å². The van der Waals surface area contributed by atoms with Gasteiger partial charge in [-0.05, 0) is 30.2 Å². The Morgan fingerprint density at radius 3 is 2.44 bits per heavy atom. The number of amides is 1. The van der Waals surface area contributed by atoms with E-state index < -0.39 is 6.10 Å². The molecule has 25 heavy (non-hydrogen) atoms. The molecular weight excluding hydrogens is 319 g/mol. The SMILES string of the molecule is Cc1cccc(CN2CCN(C(=O)[C@@H](O)c3ccc(F)cc3)CC2)c1. The van der Waals surface area contributed by atoms with E-state index in [1.165, 1.54) is 35.4 Å². The summed E-state index contributed by atoms with van der Waals surface area (Å²) >= 11 is 0. The van der Waals surface area contributed by atoms with Crippen molar-refractivity contribution in [3.05, 3.63) is 71.0 Å². The molecule has 1 fully saturated rings. The van der Waals surface area contributed by atoms with Gasteiger partial charge in [0, 0.05) is 32.7 Å². The van der Waals surface area contributed by atoms with E-state index in [4.69, 9.17) is 0 Å². The second-order valence-electron chi connectivity index (χ2n) is 6.54. The number of hydrogen-bond acceptors (Lipinski definition) is 3. The zero-order chi connectivity index (χ0) is 17.8. The Labute approximate surface area is 147 Å². The summed E-state index contributed by atoms with van der Waals surface area (Å²) in [6.45, 7) is 5.67. The van der Waals surface area contributed by atoms with Crippen molar-refractivity contribution in [2.45, 2.75) is 19.6 Å². The van der Waals surface area contributed by atoms with Gasteiger partial charge in [-0.25, -0.2) is 4.39 Å². The maximum Gasteiger partial charge on any atom is 0.256 e. The average molecular weight is 342 g/mol. The Bertz CT molecular complexity index is 725. The summed E-state index contributed by atoms with van der Waals surface area (Å²) in [6, 6.07) is 13.8. The minimum Gasteiger partial charge on any atom is -0.378 e. The summed E-state index contributed by atoms with van der Waals surface area (Å²) in [5, 5.41) is 10.2. The molecule has 1 heterocycles. The molecule has 1 aliphatic rings. The monoisotopic (exact) mass is 342 g/mol. The minimum atomic E-state index is -1.23. The van der Waals surface area contributed by atoms with Gasteiger partial charge in [-0.2, -0.15) is 0 Å². The normalized spacial score (nSPS) is 16.7. The zero-order valence-corrected chi connectivity index (χ0v) is 14.4. The van der Waals surface area contributed by atoms with Gasteiger partial charge < -0.3 is 10.0 Å². The lowest BCUT2D eigenvalue weighted by molar-refractivity contribution is -0.142. The first kappa shape index (κ1) is 17.6. The maximum absolute atomic E-state index is 13.0. The van der Waals surface area contributed by atoms with Gasteiger partial charge in [0.2, 0.25) is 0 Å². The van der Waals surface area contributed by atoms with E-state index in [-0.39, 0.29) is 11.7 Å². The molecule has 1 aliphatic heterocycles. The lowest BCUT2D eigenvalue weighted by Gasteiger charge is -2.35. The molecule has 2 aromatic carbocycles. The summed E-state index contributed by atoms with van der Waals surface area (Å²) in [5.74, 6) is -0.699. The molecule has 0 saturated carbocycles. The molecule has 1 amide bonds. The van der Waals surface area contributed by atoms with Crippen LogP contribution in [0.5, 0.6) is 0 Å². The molecule has 1 N–H and O–H groups in total. The van der Waals surface area contributed by atoms with E-state index in [0.717, 1.165) is 19.6 Å². The molecule has 0 unspecified atom stereocenters. The molecule has 3 rings (SSSR count). The molecule has 5 heteroatoms. The van der Waals surface area contributed by atoms with E-state index >= 15 is 0 Å². The van der Waals surface area contributed by atoms with Gasteiger partial charge in [-0.15, -0.1) is 0 Å². The Hall–Kier alpha value is -2.24. The number of piperazine rings is 1. The van der Waals surface area contributed by atoms with Crippen molar-refractivity contribution in [2.75, 3.05) is 26.2 Å². The van der Waals surface area contributed by atoms with Crippen LogP contribution in [0.2, 0.25) is 0 Å². The fourth-order valence-electron chi connectivity index (χ4n) is 3.16. The fraction of sp³-hybridized carbons (Fsp3) is 0.350. The highest BCUT2D eigenvalue weighted by molar-refractivity contribution is 5.82. The molecule has 0 radical (unpaired) electrons. The summed E-state index contributed by atoms with van der Waals surface area (Å²) < 4.78 is 13.0. The molecule has 0 aromatic heterocycles. The third-order valence-electron chi connectivity index (χ3n) is 4.59. The quantitative estimate of drug-likeness (QED) is 0.928. The van der Waals surface area contributed by atoms with Crippen molar-refractivity contribution in [3.63, 3.8) is 0 Å². The molecular formula is C20H23FN2O2. The number of carbonyl (C=O) groups excluding carboxylic acids is 1. The minimum absolute atomic E-state index is 0.318. The van der Waals surface area contributed by atoms with Gasteiger partial charge in [-0.1, -0.05) is 42.0 Å². The van der Waals surface area contributed by atoms with Crippen LogP contribution in [0.15, 0.2) is 48.5 Å². The summed E-state index contributed by atoms with van der Waals surface area (Å²) in [6.07, 6.45) is -1.23. The van der Waals surface area contributed by atoms with Gasteiger partial charge in [0.1, 0.15) is 5.82 Å². The Kier molecular flexibility index (Phi) is 5.46. The predicted molar refractivity (Wildman–Crippen MR) is 94.4 cm³/mol. The summed E-state index contributed by atoms with van der Waals surface area (Å²) in [4.78, 5) is 16.4. The van der Waals surface area contributed by atoms with Gasteiger partial charge in [-0.3, -0.25) is 9.69 Å². The first-order valence-corrected chi connectivity index (χ1v) is 8.53. The number of aliphatic hydroxyl groups is 1. The highest BCUT2D eigenvalue weighted by atomic mass is 19.1. The van der Waals surface area contributed by atoms with Crippen LogP contribution in [-0.4, -0.2) is 47.0 Å². The molecule has 0 bridgehead atoms. The van der Waals surface area contributed by atoms with Crippen molar-refractivity contribution < 1.29 is 14.3 Å². The lowest BCUT2D eigenvalue weighted by Crippen LogP contribution is -2.49. The van der Waals surface area contributed by atoms with Crippen molar-refractivity contribution in [1.29, 1.82) is 0 Å². The predicted octanol–water partition coefficient (Wildman–Crippen LogP) is 2.51. The highest BCUT2D eigenvalue weighted by Gasteiger charge is 2.27. The molecule has 1 saturated heterocycles. The molecule has 4 nitrogen and oxygen atoms in total. The van der Waals surface area contributed by atoms with Gasteiger partial charge in [0.05, 0.1) is 0 Å². The second-order valence-corrected chi connectivity index (χ2v) is 6.54. The summed E-state index contributed by atoms with van der Waals surface area (Å²) in [5.41, 5.74) is 2.94. The molecule has 2 aromatic rings. The fourth-order valence-corrected chi connectivity index (χ4v) is 3.16. The first-order valence-electron chi connectivity index (χ1n) is 8.53. The van der Waals surface area contributed by atoms with Crippen LogP contribution in [0, 0.1) is 12.7 Å². The Morgan fingerprint density at radius 2 is 1.80 bits per heavy atom. The largest absolute Gasteiger partial charge is 0.378 e. The van der Waals surface area contributed by atoms with E-state index in [1.807, 2.05) is 0 Å². The number of hydrogen-bond donors (Lipinski definition) is 1. The van der Waals surface area contributed by atoms with Crippen LogP contribution in [0.1, 0.15) is 22.8 Å². The number of carbonyl (C=O) groups is 1. The molecule has 1 atom stereocenters. The van der Waals surface area contributed by atoms with Crippen molar-refractivity contribution >= 4 is 5.91 Å². The van der Waals surface area contributed by atoms with Crippen LogP contribution >= 0.6 is 0 Å². The van der Waals surface area contributed by atoms with Crippen molar-refractivity contribution in [3.8, 4) is 0 Å². The third kappa shape index (κ3) is 4.44. The van der Waals surface area contributed by atoms with Crippen LogP contribution < -0.4 is 0 Å². The number of aryl methyl sites for hydroxylation is 1. The van der Waals surface area contributed by atoms with E-state index in [1.54, 1.807) is 4.90 Å². The third-order valence-corrected chi connectivity index (χ3v) is 4.59. The maximum atomic E-state index is 13.0. The Balaban J connectivity index is 1.54. The topological polar surface area (TPSA) is 43.8 Å². The number of rotatable bonds is 4. The first-order chi connectivity index (χ1) is 12.0. The van der Waals surface area contributed by atoms with Crippen LogP contribution in [0.25, 0.3) is 0 Å². The van der Waals surface area contributed by atoms with E-state index in [9.17, 15) is 14.3 Å². The number of halogens is 1. The van der Waals surface area contributed by atoms with E-state index in [2.05, 4.69) is 36.1 Å². The smallest absolute Gasteiger partial charge is 0.256 e. The van der Waals surface area contributed by atoms with Gasteiger partial charge in [0.25, 0.3) is 5.91 Å². The Morgan fingerprint density at radius 1 is 1.12 bits per heavy atom. The average Bonchev–Trinajstić information content (AvgIpc) is 2.62. The molecule has 132 valence electrons. The van der Waals surface area contributed by atoms with E-state index in [0.29, 0.717) is 18.7 Å².